The van der Waals surface area contributed by atoms with Crippen LogP contribution in [0.5, 0.6) is 5.75 Å². The first kappa shape index (κ1) is 10.8. The van der Waals surface area contributed by atoms with E-state index in [4.69, 9.17) is 20.8 Å². The van der Waals surface area contributed by atoms with E-state index in [0.717, 1.165) is 11.3 Å². The van der Waals surface area contributed by atoms with Crippen molar-refractivity contribution < 1.29 is 9.15 Å². The maximum Gasteiger partial charge on any atom is 0.149 e. The van der Waals surface area contributed by atoms with Crippen molar-refractivity contribution in [3.05, 3.63) is 54.3 Å². The van der Waals surface area contributed by atoms with Gasteiger partial charge >= 0.3 is 0 Å². The van der Waals surface area contributed by atoms with Crippen molar-refractivity contribution >= 4 is 11.6 Å². The summed E-state index contributed by atoms with van der Waals surface area (Å²) in [5.41, 5.74) is 0.847. The predicted molar refractivity (Wildman–Crippen MR) is 64.8 cm³/mol. The molecule has 2 aromatic rings. The Balaban J connectivity index is 2.44. The topological polar surface area (TPSA) is 22.4 Å². The fourth-order valence-corrected chi connectivity index (χ4v) is 1.65. The number of halogens is 1. The van der Waals surface area contributed by atoms with Gasteiger partial charge in [-0.2, -0.15) is 0 Å². The average Bonchev–Trinajstić information content (AvgIpc) is 2.80. The third kappa shape index (κ3) is 2.12. The van der Waals surface area contributed by atoms with E-state index in [1.807, 2.05) is 24.3 Å². The lowest BCUT2D eigenvalue weighted by Crippen LogP contribution is -1.95. The fraction of sp³-hybridized carbons (Fsp3) is 0.0769. The molecule has 2 nitrogen and oxygen atoms in total. The molecule has 0 amide bonds. The number of ether oxygens (including phenoxy) is 1. The summed E-state index contributed by atoms with van der Waals surface area (Å²) >= 11 is 6.08. The van der Waals surface area contributed by atoms with Crippen LogP contribution in [0.4, 0.5) is 0 Å². The zero-order chi connectivity index (χ0) is 11.4. The monoisotopic (exact) mass is 234 g/mol. The lowest BCUT2D eigenvalue weighted by molar-refractivity contribution is 0.364. The quantitative estimate of drug-likeness (QED) is 0.741. The van der Waals surface area contributed by atoms with E-state index >= 15 is 0 Å². The number of hydrogen-bond acceptors (Lipinski definition) is 2. The van der Waals surface area contributed by atoms with Gasteiger partial charge in [0, 0.05) is 0 Å². The van der Waals surface area contributed by atoms with E-state index in [2.05, 4.69) is 6.58 Å². The Morgan fingerprint density at radius 1 is 1.31 bits per heavy atom. The molecule has 1 aromatic heterocycles. The Kier molecular flexibility index (Phi) is 3.32. The zero-order valence-corrected chi connectivity index (χ0v) is 9.41. The van der Waals surface area contributed by atoms with Crippen molar-refractivity contribution in [2.24, 2.45) is 0 Å². The van der Waals surface area contributed by atoms with Crippen LogP contribution in [0.3, 0.4) is 0 Å². The van der Waals surface area contributed by atoms with Crippen molar-refractivity contribution in [2.45, 2.75) is 0 Å². The summed E-state index contributed by atoms with van der Waals surface area (Å²) in [6.07, 6.45) is 3.29. The fourth-order valence-electron chi connectivity index (χ4n) is 1.42. The van der Waals surface area contributed by atoms with Crippen LogP contribution in [-0.2, 0) is 0 Å². The lowest BCUT2D eigenvalue weighted by atomic mass is 10.1. The molecule has 0 N–H and O–H groups in total. The maximum atomic E-state index is 6.08. The van der Waals surface area contributed by atoms with Crippen molar-refractivity contribution in [3.63, 3.8) is 0 Å². The predicted octanol–water partition coefficient (Wildman–Crippen LogP) is 4.16. The van der Waals surface area contributed by atoms with E-state index in [1.165, 1.54) is 0 Å². The Bertz CT molecular complexity index is 475. The van der Waals surface area contributed by atoms with Gasteiger partial charge in [0.15, 0.2) is 0 Å². The highest BCUT2D eigenvalue weighted by atomic mass is 35.5. The first-order valence-corrected chi connectivity index (χ1v) is 5.27. The Morgan fingerprint density at radius 2 is 2.19 bits per heavy atom. The summed E-state index contributed by atoms with van der Waals surface area (Å²) in [5.74, 6) is 1.36. The number of rotatable bonds is 4. The first-order chi connectivity index (χ1) is 7.83. The summed E-state index contributed by atoms with van der Waals surface area (Å²) < 4.78 is 10.9. The highest BCUT2D eigenvalue weighted by Crippen LogP contribution is 2.36. The molecule has 0 radical (unpaired) electrons. The minimum absolute atomic E-state index is 0.414. The molecule has 2 rings (SSSR count). The molecule has 0 saturated heterocycles. The highest BCUT2D eigenvalue weighted by Gasteiger charge is 2.11. The molecule has 0 saturated carbocycles. The normalized spacial score (nSPS) is 10.1. The van der Waals surface area contributed by atoms with Crippen molar-refractivity contribution in [2.75, 3.05) is 6.61 Å². The average molecular weight is 235 g/mol. The largest absolute Gasteiger partial charge is 0.487 e. The minimum Gasteiger partial charge on any atom is -0.487 e. The van der Waals surface area contributed by atoms with Crippen LogP contribution in [0.2, 0.25) is 5.02 Å². The van der Waals surface area contributed by atoms with Crippen molar-refractivity contribution in [1.29, 1.82) is 0 Å². The molecule has 0 bridgehead atoms. The van der Waals surface area contributed by atoms with Gasteiger partial charge < -0.3 is 9.15 Å². The lowest BCUT2D eigenvalue weighted by Gasteiger charge is -2.09. The van der Waals surface area contributed by atoms with Crippen molar-refractivity contribution in [1.82, 2.24) is 0 Å². The van der Waals surface area contributed by atoms with Crippen LogP contribution >= 0.6 is 11.6 Å². The molecule has 1 aromatic carbocycles. The maximum absolute atomic E-state index is 6.08. The summed E-state index contributed by atoms with van der Waals surface area (Å²) in [5, 5.41) is 0.566. The second kappa shape index (κ2) is 4.90. The molecule has 82 valence electrons. The molecule has 0 aliphatic heterocycles. The van der Waals surface area contributed by atoms with Crippen LogP contribution in [0.1, 0.15) is 0 Å². The molecule has 0 fully saturated rings. The number of benzene rings is 1. The number of para-hydroxylation sites is 1. The molecular formula is C13H11ClO2. The van der Waals surface area contributed by atoms with Gasteiger partial charge in [-0.3, -0.25) is 0 Å². The minimum atomic E-state index is 0.414. The summed E-state index contributed by atoms with van der Waals surface area (Å²) in [7, 11) is 0. The van der Waals surface area contributed by atoms with Gasteiger partial charge in [-0.15, -0.1) is 0 Å². The molecule has 16 heavy (non-hydrogen) atoms. The molecule has 0 aliphatic carbocycles. The standard InChI is InChI=1S/C13H11ClO2/c1-2-8-16-13-10(5-3-6-11(13)14)12-7-4-9-15-12/h2-7,9H,1,8H2. The van der Waals surface area contributed by atoms with Crippen LogP contribution in [-0.4, -0.2) is 6.61 Å². The van der Waals surface area contributed by atoms with Crippen LogP contribution < -0.4 is 4.74 Å². The Morgan fingerprint density at radius 3 is 2.88 bits per heavy atom. The van der Waals surface area contributed by atoms with Gasteiger partial charge in [-0.25, -0.2) is 0 Å². The zero-order valence-electron chi connectivity index (χ0n) is 8.65. The van der Waals surface area contributed by atoms with Crippen LogP contribution in [0, 0.1) is 0 Å². The molecule has 3 heteroatoms. The van der Waals surface area contributed by atoms with Gasteiger partial charge in [-0.05, 0) is 24.3 Å². The van der Waals surface area contributed by atoms with Gasteiger partial charge in [0.1, 0.15) is 18.1 Å². The van der Waals surface area contributed by atoms with E-state index < -0.39 is 0 Å². The van der Waals surface area contributed by atoms with Gasteiger partial charge in [0.25, 0.3) is 0 Å². The van der Waals surface area contributed by atoms with E-state index in [9.17, 15) is 0 Å². The summed E-state index contributed by atoms with van der Waals surface area (Å²) in [6.45, 7) is 4.02. The second-order valence-corrected chi connectivity index (χ2v) is 3.60. The van der Waals surface area contributed by atoms with Crippen LogP contribution in [0.15, 0.2) is 53.7 Å². The van der Waals surface area contributed by atoms with Crippen molar-refractivity contribution in [3.8, 4) is 17.1 Å². The first-order valence-electron chi connectivity index (χ1n) is 4.89. The highest BCUT2D eigenvalue weighted by molar-refractivity contribution is 6.32. The molecule has 0 atom stereocenters. The Hall–Kier alpha value is -1.67. The van der Waals surface area contributed by atoms with Gasteiger partial charge in [0.05, 0.1) is 16.8 Å². The molecule has 0 aliphatic rings. The van der Waals surface area contributed by atoms with Crippen LogP contribution in [0.25, 0.3) is 11.3 Å². The van der Waals surface area contributed by atoms with E-state index in [-0.39, 0.29) is 0 Å². The molecule has 0 spiro atoms. The van der Waals surface area contributed by atoms with Gasteiger partial charge in [0.2, 0.25) is 0 Å². The molecule has 1 heterocycles. The smallest absolute Gasteiger partial charge is 0.149 e. The third-order valence-electron chi connectivity index (χ3n) is 2.10. The Labute approximate surface area is 99.1 Å². The van der Waals surface area contributed by atoms with Gasteiger partial charge in [-0.1, -0.05) is 30.3 Å². The number of hydrogen-bond donors (Lipinski definition) is 0. The summed E-state index contributed by atoms with van der Waals surface area (Å²) in [4.78, 5) is 0. The SMILES string of the molecule is C=CCOc1c(Cl)cccc1-c1ccco1. The second-order valence-electron chi connectivity index (χ2n) is 3.19. The van der Waals surface area contributed by atoms with E-state index in [0.29, 0.717) is 17.4 Å². The number of furan rings is 1. The summed E-state index contributed by atoms with van der Waals surface area (Å²) in [6, 6.07) is 9.25. The molecule has 0 unspecified atom stereocenters. The molecular weight excluding hydrogens is 224 g/mol. The van der Waals surface area contributed by atoms with E-state index in [1.54, 1.807) is 18.4 Å². The third-order valence-corrected chi connectivity index (χ3v) is 2.40.